The molecule has 3 aromatic rings. The Balaban J connectivity index is 1.79. The average Bonchev–Trinajstić information content (AvgIpc) is 2.82. The second-order valence-electron chi connectivity index (χ2n) is 6.56. The molecule has 0 amide bonds. The fourth-order valence-electron chi connectivity index (χ4n) is 2.91. The summed E-state index contributed by atoms with van der Waals surface area (Å²) in [5, 5.41) is 14.3. The maximum absolute atomic E-state index is 12.5. The number of carbonyl (C=O) groups excluding carboxylic acids is 1. The first kappa shape index (κ1) is 21.3. The third-order valence-corrected chi connectivity index (χ3v) is 4.50. The molecule has 0 aliphatic carbocycles. The van der Waals surface area contributed by atoms with Gasteiger partial charge in [-0.2, -0.15) is 5.10 Å². The van der Waals surface area contributed by atoms with Crippen LogP contribution in [0.2, 0.25) is 0 Å². The minimum absolute atomic E-state index is 0.00461. The van der Waals surface area contributed by atoms with Gasteiger partial charge in [-0.05, 0) is 34.9 Å². The standard InChI is InChI=1S/C24H20N4O3/c25-27-22(23(29)16-13-18-11-14-21(15-12-18)28(30)31)17-26-24(19-7-3-1-4-8-19)20-9-5-2-6-10-20/h1-17,24H,25H2/b16-13+,26-17?,27-22+. The minimum Gasteiger partial charge on any atom is -0.323 e. The number of ketones is 1. The van der Waals surface area contributed by atoms with Crippen LogP contribution in [0.25, 0.3) is 6.08 Å². The van der Waals surface area contributed by atoms with Crippen LogP contribution in [0.1, 0.15) is 22.7 Å². The highest BCUT2D eigenvalue weighted by molar-refractivity contribution is 6.64. The zero-order chi connectivity index (χ0) is 22.1. The van der Waals surface area contributed by atoms with Crippen molar-refractivity contribution >= 4 is 29.5 Å². The van der Waals surface area contributed by atoms with Gasteiger partial charge in [0.1, 0.15) is 5.71 Å². The molecule has 0 fully saturated rings. The number of carbonyl (C=O) groups is 1. The number of hydrogen-bond acceptors (Lipinski definition) is 6. The van der Waals surface area contributed by atoms with E-state index in [9.17, 15) is 14.9 Å². The highest BCUT2D eigenvalue weighted by Crippen LogP contribution is 2.25. The third-order valence-electron chi connectivity index (χ3n) is 4.50. The SMILES string of the molecule is N/N=C(\C=NC(c1ccccc1)c1ccccc1)C(=O)/C=C/c1ccc([N+](=O)[O-])cc1. The summed E-state index contributed by atoms with van der Waals surface area (Å²) in [6.45, 7) is 0. The Labute approximate surface area is 179 Å². The monoisotopic (exact) mass is 412 g/mol. The molecule has 0 atom stereocenters. The van der Waals surface area contributed by atoms with Crippen LogP contribution in [0.15, 0.2) is 101 Å². The lowest BCUT2D eigenvalue weighted by Crippen LogP contribution is -2.16. The van der Waals surface area contributed by atoms with Crippen LogP contribution < -0.4 is 5.84 Å². The fourth-order valence-corrected chi connectivity index (χ4v) is 2.91. The molecular weight excluding hydrogens is 392 g/mol. The van der Waals surface area contributed by atoms with Crippen LogP contribution in [0.4, 0.5) is 5.69 Å². The summed E-state index contributed by atoms with van der Waals surface area (Å²) in [7, 11) is 0. The number of aliphatic imine (C=N–C) groups is 1. The van der Waals surface area contributed by atoms with E-state index in [0.29, 0.717) is 5.56 Å². The van der Waals surface area contributed by atoms with Crippen LogP contribution in [0.5, 0.6) is 0 Å². The Morgan fingerprint density at radius 2 is 1.45 bits per heavy atom. The zero-order valence-electron chi connectivity index (χ0n) is 16.5. The van der Waals surface area contributed by atoms with Gasteiger partial charge < -0.3 is 5.84 Å². The first-order valence-electron chi connectivity index (χ1n) is 9.46. The maximum atomic E-state index is 12.5. The van der Waals surface area contributed by atoms with E-state index in [4.69, 9.17) is 5.84 Å². The summed E-state index contributed by atoms with van der Waals surface area (Å²) in [6.07, 6.45) is 4.21. The number of hydrazone groups is 1. The molecule has 2 N–H and O–H groups in total. The van der Waals surface area contributed by atoms with Crippen molar-refractivity contribution in [1.29, 1.82) is 0 Å². The van der Waals surface area contributed by atoms with Gasteiger partial charge in [-0.25, -0.2) is 0 Å². The maximum Gasteiger partial charge on any atom is 0.269 e. The molecule has 0 aromatic heterocycles. The largest absolute Gasteiger partial charge is 0.323 e. The van der Waals surface area contributed by atoms with E-state index >= 15 is 0 Å². The topological polar surface area (TPSA) is 111 Å². The van der Waals surface area contributed by atoms with Crippen molar-refractivity contribution < 1.29 is 9.72 Å². The average molecular weight is 412 g/mol. The van der Waals surface area contributed by atoms with Gasteiger partial charge in [-0.1, -0.05) is 66.7 Å². The van der Waals surface area contributed by atoms with Gasteiger partial charge in [0.25, 0.3) is 5.69 Å². The highest BCUT2D eigenvalue weighted by atomic mass is 16.6. The number of nitro groups is 1. The Hall–Kier alpha value is -4.39. The Bertz CT molecular complexity index is 1080. The molecule has 0 aliphatic rings. The van der Waals surface area contributed by atoms with E-state index in [2.05, 4.69) is 10.1 Å². The molecule has 0 saturated heterocycles. The number of nitrogens with two attached hydrogens (primary N) is 1. The van der Waals surface area contributed by atoms with Crippen molar-refractivity contribution in [2.75, 3.05) is 0 Å². The van der Waals surface area contributed by atoms with E-state index < -0.39 is 10.7 Å². The second-order valence-corrected chi connectivity index (χ2v) is 6.56. The first-order valence-corrected chi connectivity index (χ1v) is 9.46. The molecule has 154 valence electrons. The van der Waals surface area contributed by atoms with E-state index in [-0.39, 0.29) is 17.4 Å². The number of nitro benzene ring substituents is 1. The third kappa shape index (κ3) is 5.80. The molecule has 3 rings (SSSR count). The lowest BCUT2D eigenvalue weighted by Gasteiger charge is -2.13. The number of benzene rings is 3. The Kier molecular flexibility index (Phi) is 7.16. The highest BCUT2D eigenvalue weighted by Gasteiger charge is 2.13. The number of non-ortho nitro benzene ring substituents is 1. The fraction of sp³-hybridized carbons (Fsp3) is 0.0417. The first-order chi connectivity index (χ1) is 15.1. The summed E-state index contributed by atoms with van der Waals surface area (Å²) < 4.78 is 0. The van der Waals surface area contributed by atoms with Gasteiger partial charge in [0.05, 0.1) is 17.2 Å². The van der Waals surface area contributed by atoms with E-state index in [1.807, 2.05) is 60.7 Å². The lowest BCUT2D eigenvalue weighted by molar-refractivity contribution is -0.384. The molecule has 0 spiro atoms. The summed E-state index contributed by atoms with van der Waals surface area (Å²) >= 11 is 0. The van der Waals surface area contributed by atoms with Gasteiger partial charge >= 0.3 is 0 Å². The quantitative estimate of drug-likeness (QED) is 0.195. The van der Waals surface area contributed by atoms with E-state index in [1.54, 1.807) is 12.1 Å². The van der Waals surface area contributed by atoms with Crippen molar-refractivity contribution in [2.45, 2.75) is 6.04 Å². The van der Waals surface area contributed by atoms with E-state index in [1.165, 1.54) is 30.5 Å². The summed E-state index contributed by atoms with van der Waals surface area (Å²) in [6, 6.07) is 24.9. The number of allylic oxidation sites excluding steroid dienone is 1. The van der Waals surface area contributed by atoms with Gasteiger partial charge in [0, 0.05) is 12.1 Å². The molecule has 7 heteroatoms. The van der Waals surface area contributed by atoms with Crippen molar-refractivity contribution in [1.82, 2.24) is 0 Å². The predicted octanol–water partition coefficient (Wildman–Crippen LogP) is 4.35. The van der Waals surface area contributed by atoms with Crippen molar-refractivity contribution in [3.63, 3.8) is 0 Å². The van der Waals surface area contributed by atoms with Crippen LogP contribution in [0.3, 0.4) is 0 Å². The molecule has 3 aromatic carbocycles. The molecule has 0 aliphatic heterocycles. The number of hydrogen-bond donors (Lipinski definition) is 1. The summed E-state index contributed by atoms with van der Waals surface area (Å²) in [4.78, 5) is 27.3. The molecule has 0 bridgehead atoms. The van der Waals surface area contributed by atoms with Gasteiger partial charge in [0.15, 0.2) is 0 Å². The molecule has 0 saturated carbocycles. The van der Waals surface area contributed by atoms with Crippen molar-refractivity contribution in [3.05, 3.63) is 118 Å². The smallest absolute Gasteiger partial charge is 0.269 e. The van der Waals surface area contributed by atoms with Crippen LogP contribution in [0, 0.1) is 10.1 Å². The van der Waals surface area contributed by atoms with Crippen LogP contribution in [-0.2, 0) is 4.79 Å². The van der Waals surface area contributed by atoms with Gasteiger partial charge in [-0.15, -0.1) is 0 Å². The normalized spacial score (nSPS) is 12.0. The van der Waals surface area contributed by atoms with Crippen molar-refractivity contribution in [2.24, 2.45) is 15.9 Å². The molecule has 31 heavy (non-hydrogen) atoms. The van der Waals surface area contributed by atoms with Crippen LogP contribution in [-0.4, -0.2) is 22.6 Å². The van der Waals surface area contributed by atoms with Gasteiger partial charge in [-0.3, -0.25) is 19.9 Å². The van der Waals surface area contributed by atoms with Crippen molar-refractivity contribution in [3.8, 4) is 0 Å². The number of rotatable bonds is 8. The Morgan fingerprint density at radius 3 is 1.94 bits per heavy atom. The summed E-state index contributed by atoms with van der Waals surface area (Å²) in [5.41, 5.74) is 2.55. The molecular formula is C24H20N4O3. The molecule has 7 nitrogen and oxygen atoms in total. The van der Waals surface area contributed by atoms with E-state index in [0.717, 1.165) is 11.1 Å². The lowest BCUT2D eigenvalue weighted by atomic mass is 9.99. The molecule has 0 heterocycles. The van der Waals surface area contributed by atoms with Gasteiger partial charge in [0.2, 0.25) is 5.78 Å². The molecule has 0 radical (unpaired) electrons. The number of nitrogens with zero attached hydrogens (tertiary/aromatic N) is 3. The zero-order valence-corrected chi connectivity index (χ0v) is 16.5. The van der Waals surface area contributed by atoms with Crippen LogP contribution >= 0.6 is 0 Å². The second kappa shape index (κ2) is 10.4. The minimum atomic E-state index is -0.482. The predicted molar refractivity (Wildman–Crippen MR) is 122 cm³/mol. The summed E-state index contributed by atoms with van der Waals surface area (Å²) in [5.74, 6) is 5.00. The Morgan fingerprint density at radius 1 is 0.903 bits per heavy atom. The molecule has 0 unspecified atom stereocenters.